The second kappa shape index (κ2) is 7.60. The molecule has 0 aliphatic heterocycles. The van der Waals surface area contributed by atoms with Crippen LogP contribution in [0.5, 0.6) is 0 Å². The van der Waals surface area contributed by atoms with Crippen molar-refractivity contribution in [1.29, 1.82) is 0 Å². The lowest BCUT2D eigenvalue weighted by molar-refractivity contribution is 1.26. The van der Waals surface area contributed by atoms with Crippen molar-refractivity contribution in [3.05, 3.63) is 47.6 Å². The van der Waals surface area contributed by atoms with Crippen LogP contribution >= 0.6 is 0 Å². The molecule has 0 radical (unpaired) electrons. The highest BCUT2D eigenvalue weighted by atomic mass is 13.9. The number of allylic oxidation sites excluding steroid dienone is 8. The van der Waals surface area contributed by atoms with E-state index in [2.05, 4.69) is 45.1 Å². The maximum absolute atomic E-state index is 2.23. The molecule has 0 N–H and O–H groups in total. The summed E-state index contributed by atoms with van der Waals surface area (Å²) in [4.78, 5) is 0. The molecule has 0 aliphatic rings. The highest BCUT2D eigenvalue weighted by Crippen LogP contribution is 2.00. The lowest BCUT2D eigenvalue weighted by atomic mass is 10.2. The summed E-state index contributed by atoms with van der Waals surface area (Å²) in [6.45, 7) is 8.39. The zero-order chi connectivity index (χ0) is 10.1. The van der Waals surface area contributed by atoms with Gasteiger partial charge in [-0.05, 0) is 34.1 Å². The van der Waals surface area contributed by atoms with Gasteiger partial charge in [-0.2, -0.15) is 0 Å². The molecule has 13 heavy (non-hydrogen) atoms. The molecule has 0 heteroatoms. The van der Waals surface area contributed by atoms with E-state index in [-0.39, 0.29) is 0 Å². The fourth-order valence-corrected chi connectivity index (χ4v) is 0.867. The first-order valence-corrected chi connectivity index (χ1v) is 4.76. The summed E-state index contributed by atoms with van der Waals surface area (Å²) in [5.74, 6) is 0. The molecule has 0 unspecified atom stereocenters. The van der Waals surface area contributed by atoms with E-state index in [1.54, 1.807) is 0 Å². The summed E-state index contributed by atoms with van der Waals surface area (Å²) in [6.07, 6.45) is 13.7. The van der Waals surface area contributed by atoms with Crippen LogP contribution in [-0.2, 0) is 0 Å². The van der Waals surface area contributed by atoms with Crippen molar-refractivity contribution in [1.82, 2.24) is 0 Å². The highest BCUT2D eigenvalue weighted by molar-refractivity contribution is 5.20. The third-order valence-corrected chi connectivity index (χ3v) is 1.63. The first-order chi connectivity index (χ1) is 6.16. The molecular formula is C13H20. The van der Waals surface area contributed by atoms with E-state index < -0.39 is 0 Å². The Bertz CT molecular complexity index is 233. The molecule has 0 saturated heterocycles. The average Bonchev–Trinajstić information content (AvgIpc) is 2.04. The van der Waals surface area contributed by atoms with Crippen molar-refractivity contribution in [2.24, 2.45) is 0 Å². The molecule has 0 fully saturated rings. The zero-order valence-corrected chi connectivity index (χ0v) is 9.17. The minimum atomic E-state index is 1.04. The third kappa shape index (κ3) is 8.87. The van der Waals surface area contributed by atoms with Crippen molar-refractivity contribution in [2.45, 2.75) is 34.1 Å². The summed E-state index contributed by atoms with van der Waals surface area (Å²) >= 11 is 0. The molecule has 0 aromatic heterocycles. The van der Waals surface area contributed by atoms with Crippen LogP contribution in [0.4, 0.5) is 0 Å². The Morgan fingerprint density at radius 3 is 2.23 bits per heavy atom. The summed E-state index contributed by atoms with van der Waals surface area (Å²) in [5, 5.41) is 0. The van der Waals surface area contributed by atoms with Gasteiger partial charge >= 0.3 is 0 Å². The molecule has 72 valence electrons. The van der Waals surface area contributed by atoms with Gasteiger partial charge in [-0.1, -0.05) is 47.6 Å². The lowest BCUT2D eigenvalue weighted by Crippen LogP contribution is -1.69. The van der Waals surface area contributed by atoms with E-state index in [1.807, 2.05) is 19.1 Å². The van der Waals surface area contributed by atoms with Crippen molar-refractivity contribution >= 4 is 0 Å². The molecule has 0 spiro atoms. The Morgan fingerprint density at radius 2 is 1.69 bits per heavy atom. The van der Waals surface area contributed by atoms with Gasteiger partial charge < -0.3 is 0 Å². The SMILES string of the molecule is CC=CC=CC(C)=CCC=C(C)C. The molecule has 0 aromatic rings. The minimum Gasteiger partial charge on any atom is -0.0877 e. The van der Waals surface area contributed by atoms with Gasteiger partial charge in [0.2, 0.25) is 0 Å². The van der Waals surface area contributed by atoms with Gasteiger partial charge in [0, 0.05) is 0 Å². The van der Waals surface area contributed by atoms with Crippen LogP contribution in [0.15, 0.2) is 47.6 Å². The Kier molecular flexibility index (Phi) is 6.99. The van der Waals surface area contributed by atoms with E-state index in [4.69, 9.17) is 0 Å². The van der Waals surface area contributed by atoms with Crippen LogP contribution in [0.3, 0.4) is 0 Å². The van der Waals surface area contributed by atoms with Crippen LogP contribution in [0.1, 0.15) is 34.1 Å². The van der Waals surface area contributed by atoms with E-state index in [0.717, 1.165) is 6.42 Å². The van der Waals surface area contributed by atoms with Crippen LogP contribution < -0.4 is 0 Å². The lowest BCUT2D eigenvalue weighted by Gasteiger charge is -1.90. The molecule has 0 aromatic carbocycles. The van der Waals surface area contributed by atoms with Crippen molar-refractivity contribution < 1.29 is 0 Å². The Hall–Kier alpha value is -1.04. The Balaban J connectivity index is 3.96. The molecular weight excluding hydrogens is 156 g/mol. The fourth-order valence-electron chi connectivity index (χ4n) is 0.867. The van der Waals surface area contributed by atoms with Gasteiger partial charge in [-0.25, -0.2) is 0 Å². The van der Waals surface area contributed by atoms with Gasteiger partial charge in [0.25, 0.3) is 0 Å². The number of hydrogen-bond donors (Lipinski definition) is 0. The molecule has 0 aliphatic carbocycles. The molecule has 0 atom stereocenters. The van der Waals surface area contributed by atoms with Gasteiger partial charge in [0.1, 0.15) is 0 Å². The van der Waals surface area contributed by atoms with Crippen LogP contribution in [0.2, 0.25) is 0 Å². The van der Waals surface area contributed by atoms with Gasteiger partial charge in [-0.15, -0.1) is 0 Å². The standard InChI is InChI=1S/C13H20/c1-5-6-7-10-13(4)11-8-9-12(2)3/h5-7,9-11H,8H2,1-4H3. The molecule has 0 rings (SSSR count). The zero-order valence-electron chi connectivity index (χ0n) is 9.17. The second-order valence-electron chi connectivity index (χ2n) is 3.35. The minimum absolute atomic E-state index is 1.04. The van der Waals surface area contributed by atoms with Gasteiger partial charge in [-0.3, -0.25) is 0 Å². The number of rotatable bonds is 4. The summed E-state index contributed by atoms with van der Waals surface area (Å²) < 4.78 is 0. The van der Waals surface area contributed by atoms with Crippen molar-refractivity contribution in [3.63, 3.8) is 0 Å². The maximum Gasteiger partial charge on any atom is -0.0161 e. The quantitative estimate of drug-likeness (QED) is 0.439. The van der Waals surface area contributed by atoms with E-state index >= 15 is 0 Å². The van der Waals surface area contributed by atoms with Crippen molar-refractivity contribution in [2.75, 3.05) is 0 Å². The van der Waals surface area contributed by atoms with Gasteiger partial charge in [0.15, 0.2) is 0 Å². The first-order valence-electron chi connectivity index (χ1n) is 4.76. The topological polar surface area (TPSA) is 0 Å². The smallest absolute Gasteiger partial charge is 0.0161 e. The molecule has 0 heterocycles. The monoisotopic (exact) mass is 176 g/mol. The highest BCUT2D eigenvalue weighted by Gasteiger charge is 1.79. The second-order valence-corrected chi connectivity index (χ2v) is 3.35. The Morgan fingerprint density at radius 1 is 1.00 bits per heavy atom. The van der Waals surface area contributed by atoms with E-state index in [0.29, 0.717) is 0 Å². The van der Waals surface area contributed by atoms with Gasteiger partial charge in [0.05, 0.1) is 0 Å². The van der Waals surface area contributed by atoms with E-state index in [9.17, 15) is 0 Å². The van der Waals surface area contributed by atoms with Crippen molar-refractivity contribution in [3.8, 4) is 0 Å². The van der Waals surface area contributed by atoms with Crippen LogP contribution in [0, 0.1) is 0 Å². The van der Waals surface area contributed by atoms with Crippen LogP contribution in [0.25, 0.3) is 0 Å². The summed E-state index contributed by atoms with van der Waals surface area (Å²) in [6, 6.07) is 0. The molecule has 0 amide bonds. The number of hydrogen-bond acceptors (Lipinski definition) is 0. The fraction of sp³-hybridized carbons (Fsp3) is 0.385. The summed E-state index contributed by atoms with van der Waals surface area (Å²) in [7, 11) is 0. The predicted molar refractivity (Wildman–Crippen MR) is 61.8 cm³/mol. The van der Waals surface area contributed by atoms with E-state index in [1.165, 1.54) is 11.1 Å². The third-order valence-electron chi connectivity index (χ3n) is 1.63. The predicted octanol–water partition coefficient (Wildman–Crippen LogP) is 4.42. The first kappa shape index (κ1) is 12.0. The maximum atomic E-state index is 2.23. The molecule has 0 nitrogen and oxygen atoms in total. The average molecular weight is 176 g/mol. The molecule has 0 bridgehead atoms. The largest absolute Gasteiger partial charge is 0.0877 e. The molecule has 0 saturated carbocycles. The van der Waals surface area contributed by atoms with Crippen LogP contribution in [-0.4, -0.2) is 0 Å². The normalized spacial score (nSPS) is 12.8. The Labute approximate surface area is 82.4 Å². The summed E-state index contributed by atoms with van der Waals surface area (Å²) in [5.41, 5.74) is 2.69.